The molecular formula is C7H12F3NO4S. The lowest BCUT2D eigenvalue weighted by molar-refractivity contribution is -0.192. The minimum absolute atomic E-state index is 0.243. The molecule has 5 nitrogen and oxygen atoms in total. The van der Waals surface area contributed by atoms with Crippen molar-refractivity contribution in [2.45, 2.75) is 12.6 Å². The highest BCUT2D eigenvalue weighted by molar-refractivity contribution is 7.90. The number of sulfone groups is 1. The van der Waals surface area contributed by atoms with E-state index in [-0.39, 0.29) is 5.88 Å². The van der Waals surface area contributed by atoms with Gasteiger partial charge in [-0.05, 0) is 6.42 Å². The molecule has 0 aromatic carbocycles. The summed E-state index contributed by atoms with van der Waals surface area (Å²) in [4.78, 5) is 10.8. The number of likely N-dealkylation sites (tertiary alicyclic amines) is 1. The Morgan fingerprint density at radius 2 is 1.75 bits per heavy atom. The van der Waals surface area contributed by atoms with Crippen LogP contribution in [0.3, 0.4) is 0 Å². The molecule has 1 aliphatic rings. The van der Waals surface area contributed by atoms with Crippen LogP contribution in [0.2, 0.25) is 0 Å². The van der Waals surface area contributed by atoms with Crippen LogP contribution in [0.4, 0.5) is 13.2 Å². The maximum absolute atomic E-state index is 10.6. The number of carboxylic acid groups (broad SMARTS) is 1. The maximum Gasteiger partial charge on any atom is 0.490 e. The predicted molar refractivity (Wildman–Crippen MR) is 49.6 cm³/mol. The fourth-order valence-electron chi connectivity index (χ4n) is 0.842. The zero-order chi connectivity index (χ0) is 13.0. The molecule has 0 spiro atoms. The average molecular weight is 263 g/mol. The van der Waals surface area contributed by atoms with Gasteiger partial charge in [0, 0.05) is 19.3 Å². The monoisotopic (exact) mass is 263 g/mol. The van der Waals surface area contributed by atoms with Crippen molar-refractivity contribution in [3.05, 3.63) is 0 Å². The lowest BCUT2D eigenvalue weighted by atomic mass is 10.2. The van der Waals surface area contributed by atoms with Crippen LogP contribution in [0.15, 0.2) is 0 Å². The largest absolute Gasteiger partial charge is 0.490 e. The van der Waals surface area contributed by atoms with Crippen molar-refractivity contribution in [2.75, 3.05) is 25.2 Å². The summed E-state index contributed by atoms with van der Waals surface area (Å²) in [6.07, 6.45) is -2.67. The molecule has 0 unspecified atom stereocenters. The lowest BCUT2D eigenvalue weighted by Crippen LogP contribution is -2.40. The van der Waals surface area contributed by atoms with Crippen molar-refractivity contribution < 1.29 is 31.5 Å². The molecule has 1 rings (SSSR count). The number of nitrogens with zero attached hydrogens (tertiary/aromatic N) is 1. The second kappa shape index (κ2) is 5.48. The van der Waals surface area contributed by atoms with Gasteiger partial charge in [-0.15, -0.1) is 0 Å². The normalized spacial score (nSPS) is 17.0. The summed E-state index contributed by atoms with van der Waals surface area (Å²) in [7, 11) is -2.76. The minimum atomic E-state index is -5.08. The van der Waals surface area contributed by atoms with Crippen LogP contribution in [0.5, 0.6) is 0 Å². The van der Waals surface area contributed by atoms with Gasteiger partial charge in [0.2, 0.25) is 0 Å². The number of carbonyl (C=O) groups is 1. The first kappa shape index (κ1) is 15.2. The molecule has 1 N–H and O–H groups in total. The van der Waals surface area contributed by atoms with Gasteiger partial charge in [-0.1, -0.05) is 0 Å². The molecule has 1 heterocycles. The number of carboxylic acids is 1. The molecule has 9 heteroatoms. The van der Waals surface area contributed by atoms with Gasteiger partial charge in [-0.2, -0.15) is 13.2 Å². The summed E-state index contributed by atoms with van der Waals surface area (Å²) in [5.41, 5.74) is 0. The molecule has 0 bridgehead atoms. The fraction of sp³-hybridized carbons (Fsp3) is 0.857. The second-order valence-corrected chi connectivity index (χ2v) is 5.44. The first-order chi connectivity index (χ1) is 7.02. The topological polar surface area (TPSA) is 74.7 Å². The van der Waals surface area contributed by atoms with E-state index in [0.717, 1.165) is 19.5 Å². The number of aliphatic carboxylic acids is 1. The standard InChI is InChI=1S/C5H11NO2S.C2HF3O2/c1-9(7,8)5-6-3-2-4-6;3-2(4,5)1(6)7/h2-5H2,1H3;(H,6,7). The highest BCUT2D eigenvalue weighted by atomic mass is 32.2. The van der Waals surface area contributed by atoms with Gasteiger partial charge < -0.3 is 5.11 Å². The Hall–Kier alpha value is -0.830. The number of rotatable bonds is 2. The van der Waals surface area contributed by atoms with Gasteiger partial charge in [0.25, 0.3) is 0 Å². The zero-order valence-electron chi connectivity index (χ0n) is 8.49. The first-order valence-corrected chi connectivity index (χ1v) is 6.28. The smallest absolute Gasteiger partial charge is 0.475 e. The van der Waals surface area contributed by atoms with Gasteiger partial charge in [0.1, 0.15) is 5.88 Å². The Kier molecular flexibility index (Phi) is 5.20. The first-order valence-electron chi connectivity index (χ1n) is 4.22. The van der Waals surface area contributed by atoms with Gasteiger partial charge in [0.05, 0.1) is 0 Å². The number of hydrogen-bond donors (Lipinski definition) is 1. The van der Waals surface area contributed by atoms with E-state index in [9.17, 15) is 21.6 Å². The Morgan fingerprint density at radius 3 is 1.81 bits per heavy atom. The molecular weight excluding hydrogens is 251 g/mol. The van der Waals surface area contributed by atoms with Crippen LogP contribution >= 0.6 is 0 Å². The van der Waals surface area contributed by atoms with Crippen LogP contribution in [-0.2, 0) is 14.6 Å². The van der Waals surface area contributed by atoms with E-state index in [1.165, 1.54) is 6.26 Å². The number of hydrogen-bond acceptors (Lipinski definition) is 4. The van der Waals surface area contributed by atoms with Crippen LogP contribution < -0.4 is 0 Å². The summed E-state index contributed by atoms with van der Waals surface area (Å²) in [5, 5.41) is 7.12. The summed E-state index contributed by atoms with van der Waals surface area (Å²) >= 11 is 0. The van der Waals surface area contributed by atoms with E-state index in [1.54, 1.807) is 0 Å². The maximum atomic E-state index is 10.6. The molecule has 0 saturated carbocycles. The molecule has 96 valence electrons. The molecule has 0 aliphatic carbocycles. The van der Waals surface area contributed by atoms with Crippen LogP contribution in [0.1, 0.15) is 6.42 Å². The van der Waals surface area contributed by atoms with Crippen molar-refractivity contribution >= 4 is 15.8 Å². The SMILES string of the molecule is CS(=O)(=O)CN1CCC1.O=C(O)C(F)(F)F. The van der Waals surface area contributed by atoms with E-state index < -0.39 is 22.0 Å². The molecule has 0 radical (unpaired) electrons. The van der Waals surface area contributed by atoms with E-state index >= 15 is 0 Å². The van der Waals surface area contributed by atoms with Crippen molar-refractivity contribution in [2.24, 2.45) is 0 Å². The molecule has 0 atom stereocenters. The molecule has 16 heavy (non-hydrogen) atoms. The highest BCUT2D eigenvalue weighted by Crippen LogP contribution is 2.13. The summed E-state index contributed by atoms with van der Waals surface area (Å²) < 4.78 is 52.9. The molecule has 1 fully saturated rings. The van der Waals surface area contributed by atoms with Crippen LogP contribution in [-0.4, -0.2) is 55.8 Å². The summed E-state index contributed by atoms with van der Waals surface area (Å²) in [6.45, 7) is 1.90. The van der Waals surface area contributed by atoms with Crippen molar-refractivity contribution in [3.63, 3.8) is 0 Å². The Morgan fingerprint density at radius 1 is 1.38 bits per heavy atom. The Labute approximate surface area is 90.8 Å². The van der Waals surface area contributed by atoms with Crippen LogP contribution in [0, 0.1) is 0 Å². The molecule has 0 aromatic heterocycles. The quantitative estimate of drug-likeness (QED) is 0.777. The van der Waals surface area contributed by atoms with Crippen molar-refractivity contribution in [3.8, 4) is 0 Å². The minimum Gasteiger partial charge on any atom is -0.475 e. The third kappa shape index (κ3) is 7.46. The Bertz CT molecular complexity index is 334. The van der Waals surface area contributed by atoms with Crippen molar-refractivity contribution in [1.29, 1.82) is 0 Å². The lowest BCUT2D eigenvalue weighted by Gasteiger charge is -2.29. The average Bonchev–Trinajstić information content (AvgIpc) is 1.95. The second-order valence-electron chi connectivity index (χ2n) is 3.33. The van der Waals surface area contributed by atoms with Gasteiger partial charge in [-0.3, -0.25) is 4.90 Å². The van der Waals surface area contributed by atoms with E-state index in [4.69, 9.17) is 9.90 Å². The predicted octanol–water partition coefficient (Wildman–Crippen LogP) is 0.328. The van der Waals surface area contributed by atoms with Crippen LogP contribution in [0.25, 0.3) is 0 Å². The number of alkyl halides is 3. The van der Waals surface area contributed by atoms with E-state index in [2.05, 4.69) is 0 Å². The third-order valence-corrected chi connectivity index (χ3v) is 2.44. The third-order valence-electron chi connectivity index (χ3n) is 1.61. The molecule has 1 aliphatic heterocycles. The summed E-state index contributed by atoms with van der Waals surface area (Å²) in [6, 6.07) is 0. The van der Waals surface area contributed by atoms with Gasteiger partial charge in [-0.25, -0.2) is 13.2 Å². The van der Waals surface area contributed by atoms with Crippen molar-refractivity contribution in [1.82, 2.24) is 4.90 Å². The van der Waals surface area contributed by atoms with E-state index in [1.807, 2.05) is 4.90 Å². The zero-order valence-corrected chi connectivity index (χ0v) is 9.31. The highest BCUT2D eigenvalue weighted by Gasteiger charge is 2.38. The Balaban J connectivity index is 0.000000293. The molecule has 1 saturated heterocycles. The van der Waals surface area contributed by atoms with Gasteiger partial charge >= 0.3 is 12.1 Å². The summed E-state index contributed by atoms with van der Waals surface area (Å²) in [5.74, 6) is -2.51. The number of halogens is 3. The molecule has 0 amide bonds. The fourth-order valence-corrected chi connectivity index (χ4v) is 1.76. The molecule has 0 aromatic rings. The van der Waals surface area contributed by atoms with Gasteiger partial charge in [0.15, 0.2) is 9.84 Å². The van der Waals surface area contributed by atoms with E-state index in [0.29, 0.717) is 0 Å².